The van der Waals surface area contributed by atoms with Gasteiger partial charge in [-0.2, -0.15) is 9.38 Å². The van der Waals surface area contributed by atoms with Gasteiger partial charge in [-0.15, -0.1) is 10.2 Å². The predicted molar refractivity (Wildman–Crippen MR) is 74.3 cm³/mol. The van der Waals surface area contributed by atoms with Crippen LogP contribution < -0.4 is 0 Å². The Morgan fingerprint density at radius 2 is 2.30 bits per heavy atom. The molecule has 0 saturated carbocycles. The van der Waals surface area contributed by atoms with Gasteiger partial charge in [0, 0.05) is 11.9 Å². The van der Waals surface area contributed by atoms with Gasteiger partial charge < -0.3 is 14.7 Å². The quantitative estimate of drug-likeness (QED) is 0.542. The molecule has 0 atom stereocenters. The maximum absolute atomic E-state index is 11.2. The number of nitrogens with zero attached hydrogens (tertiary/aromatic N) is 6. The molecular formula is C10H10N6O2S2. The summed E-state index contributed by atoms with van der Waals surface area (Å²) in [6.45, 7) is 4.53. The highest BCUT2D eigenvalue weighted by molar-refractivity contribution is 7.99. The van der Waals surface area contributed by atoms with E-state index in [9.17, 15) is 10.1 Å². The Kier molecular flexibility index (Phi) is 3.18. The molecule has 0 N–H and O–H groups in total. The van der Waals surface area contributed by atoms with Gasteiger partial charge in [-0.1, -0.05) is 11.3 Å². The Morgan fingerprint density at radius 3 is 3.00 bits per heavy atom. The number of aryl methyl sites for hydroxylation is 1. The molecule has 0 aliphatic rings. The monoisotopic (exact) mass is 310 g/mol. The Bertz CT molecular complexity index is 789. The van der Waals surface area contributed by atoms with Crippen LogP contribution in [0.25, 0.3) is 4.96 Å². The molecule has 0 aromatic carbocycles. The van der Waals surface area contributed by atoms with Crippen molar-refractivity contribution in [2.45, 2.75) is 30.6 Å². The molecular weight excluding hydrogens is 300 g/mol. The normalized spacial score (nSPS) is 11.3. The number of nitro groups is 1. The third-order valence-corrected chi connectivity index (χ3v) is 4.49. The average molecular weight is 310 g/mol. The van der Waals surface area contributed by atoms with Gasteiger partial charge in [0.2, 0.25) is 5.03 Å². The van der Waals surface area contributed by atoms with E-state index in [4.69, 9.17) is 0 Å². The summed E-state index contributed by atoms with van der Waals surface area (Å²) in [5.74, 6) is 0.744. The molecule has 0 unspecified atom stereocenters. The highest BCUT2D eigenvalue weighted by Gasteiger charge is 2.26. The van der Waals surface area contributed by atoms with E-state index in [-0.39, 0.29) is 5.82 Å². The van der Waals surface area contributed by atoms with Crippen LogP contribution in [-0.2, 0) is 6.54 Å². The number of imidazole rings is 1. The minimum Gasteiger partial charge on any atom is -0.358 e. The molecule has 104 valence electrons. The van der Waals surface area contributed by atoms with E-state index < -0.39 is 4.92 Å². The van der Waals surface area contributed by atoms with Crippen LogP contribution in [0.5, 0.6) is 0 Å². The summed E-state index contributed by atoms with van der Waals surface area (Å²) < 4.78 is 3.37. The SMILES string of the molecule is CCn1c(C)nnc1Sc1nc2sccn2c1[N+](=O)[O-]. The molecule has 0 bridgehead atoms. The molecule has 10 heteroatoms. The average Bonchev–Trinajstić information content (AvgIpc) is 3.04. The van der Waals surface area contributed by atoms with Gasteiger partial charge in [-0.25, -0.2) is 0 Å². The maximum atomic E-state index is 11.2. The number of fused-ring (bicyclic) bond motifs is 1. The molecule has 0 saturated heterocycles. The van der Waals surface area contributed by atoms with Crippen LogP contribution in [0.3, 0.4) is 0 Å². The minimum absolute atomic E-state index is 0.0328. The zero-order chi connectivity index (χ0) is 14.3. The zero-order valence-electron chi connectivity index (χ0n) is 10.7. The summed E-state index contributed by atoms with van der Waals surface area (Å²) in [5, 5.41) is 22.0. The largest absolute Gasteiger partial charge is 0.363 e. The molecule has 0 radical (unpaired) electrons. The topological polar surface area (TPSA) is 91.2 Å². The van der Waals surface area contributed by atoms with E-state index >= 15 is 0 Å². The van der Waals surface area contributed by atoms with Crippen LogP contribution in [0.4, 0.5) is 5.82 Å². The number of thiazole rings is 1. The molecule has 3 aromatic rings. The molecule has 3 aromatic heterocycles. The van der Waals surface area contributed by atoms with Crippen molar-refractivity contribution in [3.63, 3.8) is 0 Å². The predicted octanol–water partition coefficient (Wildman–Crippen LogP) is 2.38. The van der Waals surface area contributed by atoms with Crippen LogP contribution >= 0.6 is 23.1 Å². The van der Waals surface area contributed by atoms with E-state index in [0.29, 0.717) is 21.7 Å². The highest BCUT2D eigenvalue weighted by Crippen LogP contribution is 2.35. The minimum atomic E-state index is -0.422. The van der Waals surface area contributed by atoms with Crippen LogP contribution in [-0.4, -0.2) is 29.1 Å². The molecule has 0 aliphatic carbocycles. The Labute approximate surface area is 121 Å². The number of rotatable bonds is 4. The van der Waals surface area contributed by atoms with E-state index in [2.05, 4.69) is 15.2 Å². The van der Waals surface area contributed by atoms with Crippen LogP contribution in [0.2, 0.25) is 0 Å². The Morgan fingerprint density at radius 1 is 1.50 bits per heavy atom. The first kappa shape index (κ1) is 13.1. The standard InChI is InChI=1S/C10H10N6O2S2/c1-3-14-6(2)12-13-10(14)20-7-8(16(17)18)15-4-5-19-9(15)11-7/h4-5H,3H2,1-2H3. The van der Waals surface area contributed by atoms with Crippen LogP contribution in [0.1, 0.15) is 12.7 Å². The van der Waals surface area contributed by atoms with Crippen molar-refractivity contribution in [3.05, 3.63) is 27.5 Å². The number of hydrogen-bond donors (Lipinski definition) is 0. The second-order valence-corrected chi connectivity index (χ2v) is 5.76. The molecule has 0 fully saturated rings. The first-order valence-electron chi connectivity index (χ1n) is 5.79. The van der Waals surface area contributed by atoms with E-state index in [0.717, 1.165) is 5.82 Å². The fourth-order valence-electron chi connectivity index (χ4n) is 1.88. The first-order chi connectivity index (χ1) is 9.61. The lowest BCUT2D eigenvalue weighted by atomic mass is 10.6. The first-order valence-corrected chi connectivity index (χ1v) is 7.49. The van der Waals surface area contributed by atoms with Gasteiger partial charge in [0.1, 0.15) is 12.0 Å². The van der Waals surface area contributed by atoms with Crippen LogP contribution in [0, 0.1) is 17.0 Å². The highest BCUT2D eigenvalue weighted by atomic mass is 32.2. The van der Waals surface area contributed by atoms with Gasteiger partial charge in [-0.05, 0) is 30.5 Å². The second-order valence-electron chi connectivity index (χ2n) is 3.93. The number of hydrogen-bond acceptors (Lipinski definition) is 7. The van der Waals surface area contributed by atoms with Gasteiger partial charge in [0.25, 0.3) is 4.96 Å². The molecule has 0 aliphatic heterocycles. The van der Waals surface area contributed by atoms with E-state index in [1.165, 1.54) is 27.5 Å². The lowest BCUT2D eigenvalue weighted by molar-refractivity contribution is -0.393. The molecule has 0 amide bonds. The summed E-state index contributed by atoms with van der Waals surface area (Å²) in [6, 6.07) is 0. The van der Waals surface area contributed by atoms with Crippen molar-refractivity contribution in [3.8, 4) is 0 Å². The van der Waals surface area contributed by atoms with Gasteiger partial charge in [0.15, 0.2) is 5.16 Å². The van der Waals surface area contributed by atoms with Crippen molar-refractivity contribution in [2.75, 3.05) is 0 Å². The third kappa shape index (κ3) is 1.96. The molecule has 20 heavy (non-hydrogen) atoms. The van der Waals surface area contributed by atoms with Crippen molar-refractivity contribution in [2.24, 2.45) is 0 Å². The van der Waals surface area contributed by atoms with Crippen molar-refractivity contribution in [1.29, 1.82) is 0 Å². The van der Waals surface area contributed by atoms with Crippen molar-refractivity contribution in [1.82, 2.24) is 24.1 Å². The van der Waals surface area contributed by atoms with Crippen molar-refractivity contribution >= 4 is 33.9 Å². The fraction of sp³-hybridized carbons (Fsp3) is 0.300. The lowest BCUT2D eigenvalue weighted by Gasteiger charge is -2.02. The van der Waals surface area contributed by atoms with E-state index in [1.807, 2.05) is 18.4 Å². The van der Waals surface area contributed by atoms with Gasteiger partial charge in [0.05, 0.1) is 0 Å². The van der Waals surface area contributed by atoms with Crippen molar-refractivity contribution < 1.29 is 4.92 Å². The molecule has 0 spiro atoms. The summed E-state index contributed by atoms with van der Waals surface area (Å²) >= 11 is 2.52. The Hall–Kier alpha value is -1.94. The van der Waals surface area contributed by atoms with Gasteiger partial charge >= 0.3 is 5.82 Å². The summed E-state index contributed by atoms with van der Waals surface area (Å²) in [6.07, 6.45) is 1.64. The summed E-state index contributed by atoms with van der Waals surface area (Å²) in [4.78, 5) is 15.7. The van der Waals surface area contributed by atoms with Crippen LogP contribution in [0.15, 0.2) is 21.8 Å². The second kappa shape index (κ2) is 4.87. The summed E-state index contributed by atoms with van der Waals surface area (Å²) in [7, 11) is 0. The van der Waals surface area contributed by atoms with Gasteiger partial charge in [-0.3, -0.25) is 0 Å². The molecule has 3 heterocycles. The molecule has 8 nitrogen and oxygen atoms in total. The van der Waals surface area contributed by atoms with E-state index in [1.54, 1.807) is 11.6 Å². The number of aromatic nitrogens is 5. The zero-order valence-corrected chi connectivity index (χ0v) is 12.3. The molecule has 3 rings (SSSR count). The maximum Gasteiger partial charge on any atom is 0.363 e. The fourth-order valence-corrected chi connectivity index (χ4v) is 3.67. The lowest BCUT2D eigenvalue weighted by Crippen LogP contribution is -1.99. The third-order valence-electron chi connectivity index (χ3n) is 2.79. The smallest absolute Gasteiger partial charge is 0.358 e. The Balaban J connectivity index is 2.08. The summed E-state index contributed by atoms with van der Waals surface area (Å²) in [5.41, 5.74) is 0.